The van der Waals surface area contributed by atoms with Crippen LogP contribution in [0.3, 0.4) is 0 Å². The first-order valence-electron chi connectivity index (χ1n) is 7.15. The first kappa shape index (κ1) is 15.5. The van der Waals surface area contributed by atoms with Crippen molar-refractivity contribution in [3.8, 4) is 5.75 Å². The maximum absolute atomic E-state index is 12.1. The number of likely N-dealkylation sites (N-methyl/N-ethyl adjacent to an activating group) is 1. The van der Waals surface area contributed by atoms with Crippen molar-refractivity contribution >= 4 is 11.8 Å². The van der Waals surface area contributed by atoms with E-state index in [0.717, 1.165) is 16.9 Å². The number of hydrogen-bond acceptors (Lipinski definition) is 4. The second kappa shape index (κ2) is 6.26. The summed E-state index contributed by atoms with van der Waals surface area (Å²) in [6, 6.07) is 5.65. The van der Waals surface area contributed by atoms with Crippen LogP contribution in [-0.2, 0) is 9.59 Å². The number of carbonyl (C=O) groups is 2. The molecule has 21 heavy (non-hydrogen) atoms. The lowest BCUT2D eigenvalue weighted by atomic mass is 10.00. The Bertz CT molecular complexity index is 556. The molecule has 2 amide bonds. The van der Waals surface area contributed by atoms with Gasteiger partial charge in [0.1, 0.15) is 5.75 Å². The van der Waals surface area contributed by atoms with E-state index < -0.39 is 0 Å². The lowest BCUT2D eigenvalue weighted by molar-refractivity contribution is -0.148. The summed E-state index contributed by atoms with van der Waals surface area (Å²) < 4.78 is 5.41. The van der Waals surface area contributed by atoms with Crippen molar-refractivity contribution in [2.45, 2.75) is 38.8 Å². The van der Waals surface area contributed by atoms with Gasteiger partial charge in [0.15, 0.2) is 0 Å². The third kappa shape index (κ3) is 3.24. The van der Waals surface area contributed by atoms with E-state index in [2.05, 4.69) is 5.32 Å². The van der Waals surface area contributed by atoms with Gasteiger partial charge in [0.05, 0.1) is 13.2 Å². The molecule has 1 aromatic carbocycles. The van der Waals surface area contributed by atoms with Crippen molar-refractivity contribution in [3.63, 3.8) is 0 Å². The zero-order valence-corrected chi connectivity index (χ0v) is 13.0. The molecule has 0 aliphatic carbocycles. The van der Waals surface area contributed by atoms with Gasteiger partial charge in [-0.2, -0.15) is 0 Å². The van der Waals surface area contributed by atoms with Crippen molar-refractivity contribution < 1.29 is 14.3 Å². The lowest BCUT2D eigenvalue weighted by Crippen LogP contribution is -2.51. The van der Waals surface area contributed by atoms with Crippen LogP contribution < -0.4 is 10.1 Å². The molecule has 2 rings (SSSR count). The number of carbonyl (C=O) groups excluding carboxylic acids is 2. The molecule has 1 aliphatic heterocycles. The Morgan fingerprint density at radius 3 is 2.76 bits per heavy atom. The molecule has 0 aromatic heterocycles. The third-order valence-electron chi connectivity index (χ3n) is 3.96. The van der Waals surface area contributed by atoms with Crippen LogP contribution in [-0.4, -0.2) is 36.9 Å². The summed E-state index contributed by atoms with van der Waals surface area (Å²) in [5, 5.41) is 3.31. The molecule has 5 nitrogen and oxygen atoms in total. The van der Waals surface area contributed by atoms with Gasteiger partial charge < -0.3 is 4.74 Å². The van der Waals surface area contributed by atoms with Crippen LogP contribution >= 0.6 is 0 Å². The van der Waals surface area contributed by atoms with Gasteiger partial charge >= 0.3 is 0 Å². The highest BCUT2D eigenvalue weighted by atomic mass is 16.5. The SMILES string of the molecule is COc1cc(C)ccc1C(C)NC1CCC(=O)N(C)C1=O. The van der Waals surface area contributed by atoms with Crippen molar-refractivity contribution in [1.82, 2.24) is 10.2 Å². The Labute approximate surface area is 125 Å². The van der Waals surface area contributed by atoms with Crippen LogP contribution in [0.1, 0.15) is 36.9 Å². The van der Waals surface area contributed by atoms with Crippen LogP contribution in [0.4, 0.5) is 0 Å². The van der Waals surface area contributed by atoms with E-state index in [1.165, 1.54) is 11.9 Å². The van der Waals surface area contributed by atoms with Gasteiger partial charge in [-0.1, -0.05) is 12.1 Å². The van der Waals surface area contributed by atoms with Crippen LogP contribution in [0.15, 0.2) is 18.2 Å². The Hall–Kier alpha value is -1.88. The van der Waals surface area contributed by atoms with Crippen LogP contribution in [0.2, 0.25) is 0 Å². The Morgan fingerprint density at radius 2 is 2.10 bits per heavy atom. The summed E-state index contributed by atoms with van der Waals surface area (Å²) >= 11 is 0. The number of nitrogens with zero attached hydrogens (tertiary/aromatic N) is 1. The quantitative estimate of drug-likeness (QED) is 0.859. The molecular formula is C16H22N2O3. The van der Waals surface area contributed by atoms with E-state index in [1.54, 1.807) is 7.11 Å². The number of benzene rings is 1. The Kier molecular flexibility index (Phi) is 4.63. The van der Waals surface area contributed by atoms with E-state index in [0.29, 0.717) is 12.8 Å². The normalized spacial score (nSPS) is 20.6. The number of methoxy groups -OCH3 is 1. The number of aryl methyl sites for hydroxylation is 1. The predicted octanol–water partition coefficient (Wildman–Crippen LogP) is 1.80. The van der Waals surface area contributed by atoms with Crippen LogP contribution in [0.25, 0.3) is 0 Å². The van der Waals surface area contributed by atoms with Crippen molar-refractivity contribution in [1.29, 1.82) is 0 Å². The van der Waals surface area contributed by atoms with Gasteiger partial charge in [-0.25, -0.2) is 0 Å². The third-order valence-corrected chi connectivity index (χ3v) is 3.96. The number of rotatable bonds is 4. The molecule has 0 radical (unpaired) electrons. The van der Waals surface area contributed by atoms with E-state index in [9.17, 15) is 9.59 Å². The van der Waals surface area contributed by atoms with E-state index in [-0.39, 0.29) is 23.9 Å². The smallest absolute Gasteiger partial charge is 0.246 e. The standard InChI is InChI=1S/C16H22N2O3/c1-10-5-6-12(14(9-10)21-4)11(2)17-13-7-8-15(19)18(3)16(13)20/h5-6,9,11,13,17H,7-8H2,1-4H3. The van der Waals surface area contributed by atoms with E-state index in [4.69, 9.17) is 4.74 Å². The maximum Gasteiger partial charge on any atom is 0.246 e. The summed E-state index contributed by atoms with van der Waals surface area (Å²) in [7, 11) is 3.18. The molecule has 1 N–H and O–H groups in total. The van der Waals surface area contributed by atoms with Gasteiger partial charge in [-0.15, -0.1) is 0 Å². The number of piperidine rings is 1. The first-order valence-corrected chi connectivity index (χ1v) is 7.15. The number of hydrogen-bond donors (Lipinski definition) is 1. The summed E-state index contributed by atoms with van der Waals surface area (Å²) in [6.07, 6.45) is 0.943. The number of ether oxygens (including phenoxy) is 1. The monoisotopic (exact) mass is 290 g/mol. The van der Waals surface area contributed by atoms with Crippen LogP contribution in [0.5, 0.6) is 5.75 Å². The molecule has 2 unspecified atom stereocenters. The zero-order valence-electron chi connectivity index (χ0n) is 13.0. The average molecular weight is 290 g/mol. The predicted molar refractivity (Wildman–Crippen MR) is 80.1 cm³/mol. The number of imide groups is 1. The average Bonchev–Trinajstić information content (AvgIpc) is 2.47. The van der Waals surface area contributed by atoms with Gasteiger partial charge in [0.2, 0.25) is 11.8 Å². The number of nitrogens with one attached hydrogen (secondary N) is 1. The van der Waals surface area contributed by atoms with E-state index in [1.807, 2.05) is 32.0 Å². The topological polar surface area (TPSA) is 58.6 Å². The van der Waals surface area contributed by atoms with Gasteiger partial charge in [-0.3, -0.25) is 19.8 Å². The van der Waals surface area contributed by atoms with E-state index >= 15 is 0 Å². The fourth-order valence-electron chi connectivity index (χ4n) is 2.64. The molecule has 0 saturated carbocycles. The molecule has 1 aliphatic rings. The fourth-order valence-corrected chi connectivity index (χ4v) is 2.64. The lowest BCUT2D eigenvalue weighted by Gasteiger charge is -2.30. The van der Waals surface area contributed by atoms with Crippen LogP contribution in [0, 0.1) is 6.92 Å². The first-order chi connectivity index (χ1) is 9.93. The molecule has 1 saturated heterocycles. The minimum absolute atomic E-state index is 0.0314. The molecule has 5 heteroatoms. The number of amides is 2. The second-order valence-electron chi connectivity index (χ2n) is 5.52. The van der Waals surface area contributed by atoms with Crippen molar-refractivity contribution in [2.75, 3.05) is 14.2 Å². The van der Waals surface area contributed by atoms with Gasteiger partial charge in [0, 0.05) is 25.1 Å². The Balaban J connectivity index is 2.13. The molecule has 114 valence electrons. The van der Waals surface area contributed by atoms with Gasteiger partial charge in [0.25, 0.3) is 0 Å². The second-order valence-corrected chi connectivity index (χ2v) is 5.52. The molecule has 1 fully saturated rings. The maximum atomic E-state index is 12.1. The molecule has 2 atom stereocenters. The molecule has 1 aromatic rings. The summed E-state index contributed by atoms with van der Waals surface area (Å²) in [5.41, 5.74) is 2.14. The minimum atomic E-state index is -0.325. The molecular weight excluding hydrogens is 268 g/mol. The molecule has 1 heterocycles. The fraction of sp³-hybridized carbons (Fsp3) is 0.500. The van der Waals surface area contributed by atoms with Gasteiger partial charge in [-0.05, 0) is 31.9 Å². The highest BCUT2D eigenvalue weighted by molar-refractivity contribution is 6.00. The Morgan fingerprint density at radius 1 is 1.38 bits per heavy atom. The summed E-state index contributed by atoms with van der Waals surface area (Å²) in [4.78, 5) is 24.8. The molecule has 0 spiro atoms. The highest BCUT2D eigenvalue weighted by Gasteiger charge is 2.32. The molecule has 0 bridgehead atoms. The number of likely N-dealkylation sites (tertiary alicyclic amines) is 1. The zero-order chi connectivity index (χ0) is 15.6. The largest absolute Gasteiger partial charge is 0.496 e. The summed E-state index contributed by atoms with van der Waals surface area (Å²) in [6.45, 7) is 4.01. The highest BCUT2D eigenvalue weighted by Crippen LogP contribution is 2.27. The van der Waals surface area contributed by atoms with Crippen molar-refractivity contribution in [2.24, 2.45) is 0 Å². The van der Waals surface area contributed by atoms with Crippen molar-refractivity contribution in [3.05, 3.63) is 29.3 Å². The summed E-state index contributed by atoms with van der Waals surface area (Å²) in [5.74, 6) is 0.533. The minimum Gasteiger partial charge on any atom is -0.496 e.